The second kappa shape index (κ2) is 8.19. The summed E-state index contributed by atoms with van der Waals surface area (Å²) in [5, 5.41) is 0. The Balaban J connectivity index is 4.77. The van der Waals surface area contributed by atoms with E-state index in [0.717, 1.165) is 0 Å². The van der Waals surface area contributed by atoms with E-state index in [-0.39, 0.29) is 23.7 Å². The first-order valence-electron chi connectivity index (χ1n) is 6.22. The molecule has 0 atom stereocenters. The van der Waals surface area contributed by atoms with Crippen molar-refractivity contribution in [3.8, 4) is 0 Å². The molecule has 0 saturated carbocycles. The minimum atomic E-state index is -1.46. The first-order chi connectivity index (χ1) is 8.72. The maximum Gasteiger partial charge on any atom is 0.328 e. The van der Waals surface area contributed by atoms with Gasteiger partial charge in [0.15, 0.2) is 5.78 Å². The van der Waals surface area contributed by atoms with Gasteiger partial charge in [0.05, 0.1) is 19.0 Å². The monoisotopic (exact) mass is 290 g/mol. The Hall–Kier alpha value is -1.04. The van der Waals surface area contributed by atoms with Crippen molar-refractivity contribution in [2.45, 2.75) is 39.4 Å². The van der Waals surface area contributed by atoms with Gasteiger partial charge in [0.2, 0.25) is 5.92 Å². The van der Waals surface area contributed by atoms with Crippen LogP contribution in [0.25, 0.3) is 0 Å². The summed E-state index contributed by atoms with van der Waals surface area (Å²) < 4.78 is 9.39. The third kappa shape index (κ3) is 7.20. The maximum absolute atomic E-state index is 12.0. The Morgan fingerprint density at radius 1 is 1.00 bits per heavy atom. The largest absolute Gasteiger partial charge is 0.465 e. The molecule has 0 spiro atoms. The van der Waals surface area contributed by atoms with E-state index in [1.54, 1.807) is 13.8 Å². The zero-order valence-electron chi connectivity index (χ0n) is 12.1. The topological polar surface area (TPSA) is 69.7 Å². The zero-order chi connectivity index (χ0) is 15.1. The molecule has 0 radical (unpaired) electrons. The minimum absolute atomic E-state index is 0.0752. The number of Topliss-reactive ketones (excluding diaryl/α,β-unsaturated/α-hetero) is 1. The fourth-order valence-electron chi connectivity index (χ4n) is 1.18. The summed E-state index contributed by atoms with van der Waals surface area (Å²) in [5.74, 6) is -3.53. The van der Waals surface area contributed by atoms with E-state index in [4.69, 9.17) is 9.47 Å². The number of esters is 2. The molecule has 0 amide bonds. The lowest BCUT2D eigenvalue weighted by atomic mass is 10.1. The minimum Gasteiger partial charge on any atom is -0.465 e. The van der Waals surface area contributed by atoms with Gasteiger partial charge in [0.25, 0.3) is 0 Å². The Morgan fingerprint density at radius 3 is 1.74 bits per heavy atom. The quantitative estimate of drug-likeness (QED) is 0.526. The standard InChI is InChI=1S/C13H22O5S/c1-6-17-11(15)10(12(16)18-7-2)9(14)8-19-13(3,4)5/h10H,6-8H2,1-5H3. The summed E-state index contributed by atoms with van der Waals surface area (Å²) in [7, 11) is 0. The molecule has 0 aromatic carbocycles. The first-order valence-corrected chi connectivity index (χ1v) is 7.21. The molecule has 0 aromatic heterocycles. The molecule has 0 rings (SSSR count). The number of carbonyl (C=O) groups excluding carboxylic acids is 3. The van der Waals surface area contributed by atoms with Crippen molar-refractivity contribution in [2.24, 2.45) is 5.92 Å². The maximum atomic E-state index is 12.0. The summed E-state index contributed by atoms with van der Waals surface area (Å²) in [4.78, 5) is 35.3. The van der Waals surface area contributed by atoms with Gasteiger partial charge in [0, 0.05) is 4.75 Å². The van der Waals surface area contributed by atoms with Crippen LogP contribution in [-0.2, 0) is 23.9 Å². The van der Waals surface area contributed by atoms with Crippen LogP contribution in [0.1, 0.15) is 34.6 Å². The highest BCUT2D eigenvalue weighted by Gasteiger charge is 2.36. The molecular weight excluding hydrogens is 268 g/mol. The van der Waals surface area contributed by atoms with Gasteiger partial charge in [-0.1, -0.05) is 20.8 Å². The fraction of sp³-hybridized carbons (Fsp3) is 0.769. The molecule has 19 heavy (non-hydrogen) atoms. The molecule has 0 bridgehead atoms. The number of rotatable bonds is 7. The van der Waals surface area contributed by atoms with Crippen LogP contribution >= 0.6 is 11.8 Å². The lowest BCUT2D eigenvalue weighted by Crippen LogP contribution is -2.36. The normalized spacial score (nSPS) is 11.3. The summed E-state index contributed by atoms with van der Waals surface area (Å²) >= 11 is 1.38. The van der Waals surface area contributed by atoms with Crippen molar-refractivity contribution < 1.29 is 23.9 Å². The van der Waals surface area contributed by atoms with Crippen LogP contribution in [0.15, 0.2) is 0 Å². The second-order valence-corrected chi connectivity index (χ2v) is 6.61. The average molecular weight is 290 g/mol. The molecule has 0 saturated heterocycles. The number of thioether (sulfide) groups is 1. The lowest BCUT2D eigenvalue weighted by Gasteiger charge is -2.19. The highest BCUT2D eigenvalue weighted by molar-refractivity contribution is 8.01. The van der Waals surface area contributed by atoms with Crippen LogP contribution in [0.3, 0.4) is 0 Å². The van der Waals surface area contributed by atoms with Crippen LogP contribution < -0.4 is 0 Å². The van der Waals surface area contributed by atoms with E-state index >= 15 is 0 Å². The van der Waals surface area contributed by atoms with E-state index in [0.29, 0.717) is 0 Å². The van der Waals surface area contributed by atoms with Crippen LogP contribution in [0.5, 0.6) is 0 Å². The Morgan fingerprint density at radius 2 is 1.42 bits per heavy atom. The molecule has 0 aliphatic rings. The predicted octanol–water partition coefficient (Wildman–Crippen LogP) is 1.83. The number of carbonyl (C=O) groups is 3. The molecular formula is C13H22O5S. The predicted molar refractivity (Wildman–Crippen MR) is 74.0 cm³/mol. The number of ether oxygens (including phenoxy) is 2. The average Bonchev–Trinajstić information content (AvgIpc) is 2.26. The van der Waals surface area contributed by atoms with Gasteiger partial charge in [-0.15, -0.1) is 11.8 Å². The summed E-state index contributed by atoms with van der Waals surface area (Å²) in [6.07, 6.45) is 0. The van der Waals surface area contributed by atoms with Gasteiger partial charge in [-0.2, -0.15) is 0 Å². The highest BCUT2D eigenvalue weighted by atomic mass is 32.2. The fourth-order valence-corrected chi connectivity index (χ4v) is 1.92. The van der Waals surface area contributed by atoms with Crippen LogP contribution in [-0.4, -0.2) is 41.4 Å². The van der Waals surface area contributed by atoms with E-state index in [2.05, 4.69) is 0 Å². The van der Waals surface area contributed by atoms with E-state index in [1.807, 2.05) is 20.8 Å². The lowest BCUT2D eigenvalue weighted by molar-refractivity contribution is -0.163. The second-order valence-electron chi connectivity index (χ2n) is 4.80. The molecule has 0 aliphatic carbocycles. The Bertz CT molecular complexity index is 314. The van der Waals surface area contributed by atoms with Gasteiger partial charge >= 0.3 is 11.9 Å². The van der Waals surface area contributed by atoms with Crippen molar-refractivity contribution in [3.63, 3.8) is 0 Å². The third-order valence-corrected chi connectivity index (χ3v) is 3.31. The van der Waals surface area contributed by atoms with Crippen LogP contribution in [0, 0.1) is 5.92 Å². The summed E-state index contributed by atoms with van der Waals surface area (Å²) in [5.41, 5.74) is 0. The van der Waals surface area contributed by atoms with Crippen molar-refractivity contribution in [2.75, 3.05) is 19.0 Å². The van der Waals surface area contributed by atoms with Gasteiger partial charge < -0.3 is 9.47 Å². The van der Waals surface area contributed by atoms with E-state index in [9.17, 15) is 14.4 Å². The molecule has 6 heteroatoms. The zero-order valence-corrected chi connectivity index (χ0v) is 13.0. The molecule has 0 heterocycles. The Kier molecular flexibility index (Phi) is 7.75. The SMILES string of the molecule is CCOC(=O)C(C(=O)CSC(C)(C)C)C(=O)OCC. The third-order valence-electron chi connectivity index (χ3n) is 2.01. The molecule has 110 valence electrons. The Labute approximate surface area is 118 Å². The number of hydrogen-bond donors (Lipinski definition) is 0. The summed E-state index contributed by atoms with van der Waals surface area (Å²) in [6, 6.07) is 0. The molecule has 5 nitrogen and oxygen atoms in total. The van der Waals surface area contributed by atoms with Crippen LogP contribution in [0.2, 0.25) is 0 Å². The van der Waals surface area contributed by atoms with Crippen molar-refractivity contribution in [1.29, 1.82) is 0 Å². The van der Waals surface area contributed by atoms with E-state index in [1.165, 1.54) is 11.8 Å². The molecule has 0 aromatic rings. The first kappa shape index (κ1) is 18.0. The molecule has 0 unspecified atom stereocenters. The molecule has 0 N–H and O–H groups in total. The van der Waals surface area contributed by atoms with E-state index < -0.39 is 23.6 Å². The highest BCUT2D eigenvalue weighted by Crippen LogP contribution is 2.24. The smallest absolute Gasteiger partial charge is 0.328 e. The van der Waals surface area contributed by atoms with Crippen molar-refractivity contribution in [1.82, 2.24) is 0 Å². The summed E-state index contributed by atoms with van der Waals surface area (Å²) in [6.45, 7) is 9.34. The number of hydrogen-bond acceptors (Lipinski definition) is 6. The molecule has 0 fully saturated rings. The molecule has 0 aliphatic heterocycles. The van der Waals surface area contributed by atoms with Gasteiger partial charge in [-0.3, -0.25) is 14.4 Å². The van der Waals surface area contributed by atoms with Gasteiger partial charge in [-0.05, 0) is 13.8 Å². The number of ketones is 1. The van der Waals surface area contributed by atoms with Gasteiger partial charge in [0.1, 0.15) is 0 Å². The van der Waals surface area contributed by atoms with Gasteiger partial charge in [-0.25, -0.2) is 0 Å². The van der Waals surface area contributed by atoms with Crippen molar-refractivity contribution in [3.05, 3.63) is 0 Å². The van der Waals surface area contributed by atoms with Crippen LogP contribution in [0.4, 0.5) is 0 Å². The van der Waals surface area contributed by atoms with Crippen molar-refractivity contribution >= 4 is 29.5 Å².